The number of likely N-dealkylation sites (tertiary alicyclic amines) is 1. The average Bonchev–Trinajstić information content (AvgIpc) is 3.10. The Hall–Kier alpha value is -1.79. The maximum absolute atomic E-state index is 13.0. The van der Waals surface area contributed by atoms with Gasteiger partial charge in [0.15, 0.2) is 0 Å². The van der Waals surface area contributed by atoms with Crippen LogP contribution in [0.1, 0.15) is 19.3 Å². The van der Waals surface area contributed by atoms with Crippen LogP contribution in [-0.2, 0) is 9.53 Å². The third-order valence-electron chi connectivity index (χ3n) is 6.02. The number of carbonyl (C=O) groups is 1. The minimum Gasteiger partial charge on any atom is -0.495 e. The number of methoxy groups -OCH3 is 1. The number of nitrogens with zero attached hydrogens (tertiary/aromatic N) is 3. The number of hydrogen-bond donors (Lipinski definition) is 0. The summed E-state index contributed by atoms with van der Waals surface area (Å²) in [5.74, 6) is 1.26. The van der Waals surface area contributed by atoms with E-state index in [0.717, 1.165) is 76.6 Å². The van der Waals surface area contributed by atoms with Gasteiger partial charge >= 0.3 is 0 Å². The molecule has 1 atom stereocenters. The number of amides is 1. The maximum atomic E-state index is 13.0. The number of rotatable bonds is 4. The fraction of sp³-hybridized carbons (Fsp3) is 0.650. The van der Waals surface area contributed by atoms with Crippen molar-refractivity contribution in [2.24, 2.45) is 0 Å². The summed E-state index contributed by atoms with van der Waals surface area (Å²) in [5, 5.41) is 0. The number of anilines is 1. The van der Waals surface area contributed by atoms with Gasteiger partial charge in [-0.15, -0.1) is 0 Å². The van der Waals surface area contributed by atoms with Crippen LogP contribution in [-0.4, -0.2) is 80.8 Å². The van der Waals surface area contributed by atoms with Crippen LogP contribution in [0.2, 0.25) is 0 Å². The summed E-state index contributed by atoms with van der Waals surface area (Å²) in [7, 11) is 1.72. The highest BCUT2D eigenvalue weighted by atomic mass is 16.5. The lowest BCUT2D eigenvalue weighted by Crippen LogP contribution is -2.53. The van der Waals surface area contributed by atoms with Crippen LogP contribution < -0.4 is 9.64 Å². The molecule has 1 aromatic carbocycles. The van der Waals surface area contributed by atoms with Gasteiger partial charge in [-0.3, -0.25) is 9.69 Å². The number of benzene rings is 1. The molecule has 142 valence electrons. The van der Waals surface area contributed by atoms with E-state index in [1.54, 1.807) is 7.11 Å². The zero-order valence-electron chi connectivity index (χ0n) is 15.6. The van der Waals surface area contributed by atoms with E-state index in [9.17, 15) is 4.79 Å². The van der Waals surface area contributed by atoms with E-state index in [0.29, 0.717) is 11.9 Å². The van der Waals surface area contributed by atoms with Gasteiger partial charge in [0.2, 0.25) is 5.91 Å². The quantitative estimate of drug-likeness (QED) is 0.817. The molecule has 0 bridgehead atoms. The van der Waals surface area contributed by atoms with Crippen molar-refractivity contribution in [3.63, 3.8) is 0 Å². The molecule has 26 heavy (non-hydrogen) atoms. The first-order valence-electron chi connectivity index (χ1n) is 9.78. The molecule has 1 aromatic rings. The molecule has 0 radical (unpaired) electrons. The number of hydrogen-bond acceptors (Lipinski definition) is 5. The normalized spacial score (nSPS) is 25.7. The summed E-state index contributed by atoms with van der Waals surface area (Å²) < 4.78 is 10.9. The third-order valence-corrected chi connectivity index (χ3v) is 6.02. The zero-order chi connectivity index (χ0) is 17.9. The first kappa shape index (κ1) is 17.6. The van der Waals surface area contributed by atoms with Crippen LogP contribution in [0.3, 0.4) is 0 Å². The molecule has 6 heteroatoms. The molecule has 0 N–H and O–H groups in total. The summed E-state index contributed by atoms with van der Waals surface area (Å²) in [4.78, 5) is 19.8. The van der Waals surface area contributed by atoms with Crippen molar-refractivity contribution in [3.8, 4) is 5.75 Å². The molecule has 3 aliphatic heterocycles. The summed E-state index contributed by atoms with van der Waals surface area (Å²) in [6.45, 7) is 6.20. The Morgan fingerprint density at radius 1 is 1.00 bits per heavy atom. The van der Waals surface area contributed by atoms with Crippen LogP contribution in [0.5, 0.6) is 5.75 Å². The van der Waals surface area contributed by atoms with Crippen molar-refractivity contribution in [2.75, 3.05) is 57.9 Å². The highest BCUT2D eigenvalue weighted by Gasteiger charge is 2.40. The molecular formula is C20H29N3O3. The topological polar surface area (TPSA) is 45.2 Å². The van der Waals surface area contributed by atoms with E-state index in [1.165, 1.54) is 0 Å². The van der Waals surface area contributed by atoms with Crippen LogP contribution in [0.25, 0.3) is 0 Å². The largest absolute Gasteiger partial charge is 0.495 e. The van der Waals surface area contributed by atoms with Gasteiger partial charge < -0.3 is 19.3 Å². The van der Waals surface area contributed by atoms with Gasteiger partial charge in [0.05, 0.1) is 18.8 Å². The summed E-state index contributed by atoms with van der Waals surface area (Å²) in [5.41, 5.74) is 1.15. The van der Waals surface area contributed by atoms with Crippen LogP contribution in [0.15, 0.2) is 24.3 Å². The lowest BCUT2D eigenvalue weighted by Gasteiger charge is -2.39. The predicted octanol–water partition coefficient (Wildman–Crippen LogP) is 1.60. The van der Waals surface area contributed by atoms with Crippen molar-refractivity contribution in [3.05, 3.63) is 24.3 Å². The van der Waals surface area contributed by atoms with Crippen molar-refractivity contribution in [1.82, 2.24) is 9.80 Å². The van der Waals surface area contributed by atoms with E-state index in [2.05, 4.69) is 26.8 Å². The Labute approximate surface area is 155 Å². The van der Waals surface area contributed by atoms with Crippen molar-refractivity contribution in [1.29, 1.82) is 0 Å². The second-order valence-corrected chi connectivity index (χ2v) is 7.37. The van der Waals surface area contributed by atoms with Gasteiger partial charge in [0, 0.05) is 52.0 Å². The van der Waals surface area contributed by atoms with E-state index >= 15 is 0 Å². The second kappa shape index (κ2) is 7.84. The minimum atomic E-state index is 0.0673. The van der Waals surface area contributed by atoms with Crippen molar-refractivity contribution in [2.45, 2.75) is 31.3 Å². The molecule has 0 aliphatic carbocycles. The molecule has 3 aliphatic rings. The number of carbonyl (C=O) groups excluding carboxylic acids is 1. The van der Waals surface area contributed by atoms with E-state index in [4.69, 9.17) is 9.47 Å². The number of ether oxygens (including phenoxy) is 2. The first-order chi connectivity index (χ1) is 12.8. The highest BCUT2D eigenvalue weighted by Crippen LogP contribution is 2.30. The molecule has 0 saturated carbocycles. The standard InChI is InChI=1S/C20H29N3O3/c1-25-19-5-3-2-4-17(19)21-10-12-22(13-11-21)18-6-9-23(20(18)24)16-7-14-26-15-8-16/h2-5,16,18H,6-15H2,1H3. The van der Waals surface area contributed by atoms with E-state index in [-0.39, 0.29) is 6.04 Å². The Bertz CT molecular complexity index is 624. The van der Waals surface area contributed by atoms with E-state index < -0.39 is 0 Å². The Morgan fingerprint density at radius 3 is 2.46 bits per heavy atom. The van der Waals surface area contributed by atoms with Crippen molar-refractivity contribution < 1.29 is 14.3 Å². The molecule has 0 spiro atoms. The molecule has 6 nitrogen and oxygen atoms in total. The van der Waals surface area contributed by atoms with Crippen LogP contribution in [0.4, 0.5) is 5.69 Å². The van der Waals surface area contributed by atoms with Gasteiger partial charge in [0.25, 0.3) is 0 Å². The van der Waals surface area contributed by atoms with Gasteiger partial charge in [-0.05, 0) is 31.4 Å². The molecule has 0 aromatic heterocycles. The monoisotopic (exact) mass is 359 g/mol. The Balaban J connectivity index is 1.35. The Kier molecular flexibility index (Phi) is 5.31. The number of piperazine rings is 1. The summed E-state index contributed by atoms with van der Waals surface area (Å²) in [6, 6.07) is 8.63. The molecule has 3 saturated heterocycles. The lowest BCUT2D eigenvalue weighted by molar-refractivity contribution is -0.135. The van der Waals surface area contributed by atoms with Gasteiger partial charge in [0.1, 0.15) is 5.75 Å². The SMILES string of the molecule is COc1ccccc1N1CCN(C2CCN(C3CCOCC3)C2=O)CC1. The van der Waals surface area contributed by atoms with Gasteiger partial charge in [-0.2, -0.15) is 0 Å². The predicted molar refractivity (Wildman–Crippen MR) is 101 cm³/mol. The molecule has 1 amide bonds. The lowest BCUT2D eigenvalue weighted by atomic mass is 10.1. The minimum absolute atomic E-state index is 0.0673. The summed E-state index contributed by atoms with van der Waals surface area (Å²) in [6.07, 6.45) is 2.94. The molecule has 4 rings (SSSR count). The van der Waals surface area contributed by atoms with Gasteiger partial charge in [-0.1, -0.05) is 12.1 Å². The Morgan fingerprint density at radius 2 is 1.73 bits per heavy atom. The third kappa shape index (κ3) is 3.40. The molecule has 3 heterocycles. The highest BCUT2D eigenvalue weighted by molar-refractivity contribution is 5.84. The molecular weight excluding hydrogens is 330 g/mol. The fourth-order valence-corrected chi connectivity index (χ4v) is 4.55. The second-order valence-electron chi connectivity index (χ2n) is 7.37. The van der Waals surface area contributed by atoms with Gasteiger partial charge in [-0.25, -0.2) is 0 Å². The molecule has 3 fully saturated rings. The fourth-order valence-electron chi connectivity index (χ4n) is 4.55. The summed E-state index contributed by atoms with van der Waals surface area (Å²) >= 11 is 0. The molecule has 1 unspecified atom stereocenters. The van der Waals surface area contributed by atoms with Crippen molar-refractivity contribution >= 4 is 11.6 Å². The maximum Gasteiger partial charge on any atom is 0.240 e. The zero-order valence-corrected chi connectivity index (χ0v) is 15.6. The van der Waals surface area contributed by atoms with Crippen LogP contribution >= 0.6 is 0 Å². The smallest absolute Gasteiger partial charge is 0.240 e. The number of para-hydroxylation sites is 2. The average molecular weight is 359 g/mol. The van der Waals surface area contributed by atoms with Crippen LogP contribution in [0, 0.1) is 0 Å². The van der Waals surface area contributed by atoms with E-state index in [1.807, 2.05) is 12.1 Å². The first-order valence-corrected chi connectivity index (χ1v) is 9.78.